The molecule has 0 rings (SSSR count). The Morgan fingerprint density at radius 1 is 1.33 bits per heavy atom. The van der Waals surface area contributed by atoms with Crippen LogP contribution in [0.2, 0.25) is 0 Å². The summed E-state index contributed by atoms with van der Waals surface area (Å²) in [5.74, 6) is 0. The van der Waals surface area contributed by atoms with Crippen molar-refractivity contribution >= 4 is 0 Å². The van der Waals surface area contributed by atoms with Crippen molar-refractivity contribution in [2.75, 3.05) is 6.54 Å². The third-order valence-electron chi connectivity index (χ3n) is 1.73. The Morgan fingerprint density at radius 2 is 1.67 bits per heavy atom. The van der Waals surface area contributed by atoms with Gasteiger partial charge in [0.1, 0.15) is 12.5 Å². The number of unbranched alkanes of at least 4 members (excludes halogenated alkanes) is 1. The van der Waals surface area contributed by atoms with Gasteiger partial charge in [0, 0.05) is 6.54 Å². The Hall–Kier alpha value is -0.920. The highest BCUT2D eigenvalue weighted by molar-refractivity contribution is 4.58. The molecule has 0 aromatic rings. The molecule has 0 heterocycles. The first-order valence-corrected chi connectivity index (χ1v) is 4.78. The monoisotopic (exact) mass is 224 g/mol. The summed E-state index contributed by atoms with van der Waals surface area (Å²) in [5, 5.41) is 32.0. The van der Waals surface area contributed by atoms with Gasteiger partial charge in [0.25, 0.3) is 5.09 Å². The largest absolute Gasteiger partial charge is 0.379 e. The van der Waals surface area contributed by atoms with E-state index in [1.807, 2.05) is 0 Å². The molecule has 92 valence electrons. The first kappa shape index (κ1) is 16.5. The van der Waals surface area contributed by atoms with Gasteiger partial charge in [-0.3, -0.25) is 4.90 Å². The molecule has 0 aliphatic heterocycles. The zero-order chi connectivity index (χ0) is 12.4. The van der Waals surface area contributed by atoms with Crippen LogP contribution in [0.1, 0.15) is 33.6 Å². The summed E-state index contributed by atoms with van der Waals surface area (Å²) in [6.45, 7) is 6.18. The lowest BCUT2D eigenvalue weighted by molar-refractivity contribution is -0.742. The van der Waals surface area contributed by atoms with Gasteiger partial charge in [0.05, 0.1) is 0 Å². The van der Waals surface area contributed by atoms with Crippen LogP contribution in [0, 0.1) is 10.1 Å². The normalized spacial score (nSPS) is 14.0. The van der Waals surface area contributed by atoms with E-state index in [4.69, 9.17) is 15.3 Å². The highest BCUT2D eigenvalue weighted by atomic mass is 16.9. The smallest absolute Gasteiger partial charge is 0.291 e. The lowest BCUT2D eigenvalue weighted by atomic mass is 10.3. The van der Waals surface area contributed by atoms with E-state index in [1.165, 1.54) is 0 Å². The molecule has 0 fully saturated rings. The van der Waals surface area contributed by atoms with Crippen LogP contribution in [0.25, 0.3) is 0 Å². The number of aliphatic hydroxyl groups is 2. The molecule has 2 atom stereocenters. The van der Waals surface area contributed by atoms with E-state index in [0.717, 1.165) is 19.4 Å². The lowest BCUT2D eigenvalue weighted by Gasteiger charge is -2.27. The van der Waals surface area contributed by atoms with Gasteiger partial charge in [-0.15, -0.1) is 10.1 Å². The molecule has 0 aromatic carbocycles. The average molecular weight is 224 g/mol. The minimum Gasteiger partial charge on any atom is -0.379 e. The van der Waals surface area contributed by atoms with Gasteiger partial charge in [-0.2, -0.15) is 0 Å². The van der Waals surface area contributed by atoms with Crippen LogP contribution in [0.3, 0.4) is 0 Å². The molecule has 7 nitrogen and oxygen atoms in total. The van der Waals surface area contributed by atoms with Gasteiger partial charge >= 0.3 is 0 Å². The van der Waals surface area contributed by atoms with Crippen LogP contribution in [0.5, 0.6) is 0 Å². The standard InChI is InChI=1S/C8H19NO2.HNO3/c1-4-5-6-9(7(2)10)8(3)11;2-1(3)4/h7-8,10-11H,4-6H2,1-3H3;(H,2,3,4). The first-order chi connectivity index (χ1) is 6.82. The lowest BCUT2D eigenvalue weighted by Crippen LogP contribution is -2.40. The average Bonchev–Trinajstić information content (AvgIpc) is 2.02. The van der Waals surface area contributed by atoms with Crippen LogP contribution in [0.15, 0.2) is 0 Å². The summed E-state index contributed by atoms with van der Waals surface area (Å²) >= 11 is 0. The van der Waals surface area contributed by atoms with Crippen molar-refractivity contribution in [2.45, 2.75) is 46.1 Å². The van der Waals surface area contributed by atoms with Gasteiger partial charge in [-0.25, -0.2) is 0 Å². The predicted molar refractivity (Wildman–Crippen MR) is 53.8 cm³/mol. The Kier molecular flexibility index (Phi) is 10.6. The summed E-state index contributed by atoms with van der Waals surface area (Å²) in [4.78, 5) is 10.0. The summed E-state index contributed by atoms with van der Waals surface area (Å²) in [5.41, 5.74) is 0. The van der Waals surface area contributed by atoms with E-state index in [1.54, 1.807) is 18.7 Å². The van der Waals surface area contributed by atoms with E-state index < -0.39 is 17.5 Å². The van der Waals surface area contributed by atoms with Crippen molar-refractivity contribution in [3.8, 4) is 0 Å². The minimum atomic E-state index is -1.50. The van der Waals surface area contributed by atoms with Crippen molar-refractivity contribution in [1.82, 2.24) is 4.90 Å². The highest BCUT2D eigenvalue weighted by Gasteiger charge is 2.14. The molecule has 0 aromatic heterocycles. The summed E-state index contributed by atoms with van der Waals surface area (Å²) in [6.07, 6.45) is 0.981. The van der Waals surface area contributed by atoms with Crippen molar-refractivity contribution in [1.29, 1.82) is 0 Å². The third-order valence-corrected chi connectivity index (χ3v) is 1.73. The van der Waals surface area contributed by atoms with Crippen LogP contribution >= 0.6 is 0 Å². The van der Waals surface area contributed by atoms with Crippen LogP contribution in [-0.2, 0) is 0 Å². The number of rotatable bonds is 5. The fourth-order valence-corrected chi connectivity index (χ4v) is 1.03. The van der Waals surface area contributed by atoms with Crippen LogP contribution in [-0.4, -0.2) is 44.4 Å². The Bertz CT molecular complexity index is 151. The molecule has 0 bridgehead atoms. The maximum atomic E-state index is 9.18. The van der Waals surface area contributed by atoms with Gasteiger partial charge in [0.15, 0.2) is 0 Å². The van der Waals surface area contributed by atoms with Crippen LogP contribution < -0.4 is 0 Å². The van der Waals surface area contributed by atoms with Gasteiger partial charge in [0.2, 0.25) is 0 Å². The summed E-state index contributed by atoms with van der Waals surface area (Å²) < 4.78 is 0. The minimum absolute atomic E-state index is 0.554. The molecule has 0 aliphatic rings. The van der Waals surface area contributed by atoms with E-state index in [-0.39, 0.29) is 0 Å². The van der Waals surface area contributed by atoms with Gasteiger partial charge in [-0.1, -0.05) is 13.3 Å². The molecule has 7 heteroatoms. The fraction of sp³-hybridized carbons (Fsp3) is 1.00. The Balaban J connectivity index is 0. The quantitative estimate of drug-likeness (QED) is 0.355. The highest BCUT2D eigenvalue weighted by Crippen LogP contribution is 2.03. The Labute approximate surface area is 89.0 Å². The molecular formula is C8H20N2O5. The van der Waals surface area contributed by atoms with Crippen LogP contribution in [0.4, 0.5) is 0 Å². The van der Waals surface area contributed by atoms with E-state index >= 15 is 0 Å². The van der Waals surface area contributed by atoms with E-state index in [2.05, 4.69) is 6.92 Å². The number of hydrogen-bond acceptors (Lipinski definition) is 5. The topological polar surface area (TPSA) is 107 Å². The maximum Gasteiger partial charge on any atom is 0.291 e. The number of nitrogens with zero attached hydrogens (tertiary/aromatic N) is 2. The van der Waals surface area contributed by atoms with Gasteiger partial charge < -0.3 is 15.4 Å². The zero-order valence-corrected chi connectivity index (χ0v) is 9.33. The molecule has 0 saturated carbocycles. The van der Waals surface area contributed by atoms with Crippen molar-refractivity contribution in [2.24, 2.45) is 0 Å². The predicted octanol–water partition coefficient (Wildman–Crippen LogP) is 0.417. The molecule has 2 unspecified atom stereocenters. The number of hydrogen-bond donors (Lipinski definition) is 3. The molecule has 0 amide bonds. The molecule has 0 radical (unpaired) electrons. The van der Waals surface area contributed by atoms with E-state index in [0.29, 0.717) is 0 Å². The summed E-state index contributed by atoms with van der Waals surface area (Å²) in [7, 11) is 0. The molecule has 15 heavy (non-hydrogen) atoms. The molecule has 3 N–H and O–H groups in total. The molecule has 0 saturated heterocycles. The maximum absolute atomic E-state index is 9.18. The fourth-order valence-electron chi connectivity index (χ4n) is 1.03. The Morgan fingerprint density at radius 3 is 1.87 bits per heavy atom. The van der Waals surface area contributed by atoms with Gasteiger partial charge in [-0.05, 0) is 20.3 Å². The molecular weight excluding hydrogens is 204 g/mol. The molecule has 0 aliphatic carbocycles. The first-order valence-electron chi connectivity index (χ1n) is 4.78. The van der Waals surface area contributed by atoms with E-state index in [9.17, 15) is 10.2 Å². The number of aliphatic hydroxyl groups excluding tert-OH is 2. The second kappa shape index (κ2) is 9.63. The second-order valence-corrected chi connectivity index (χ2v) is 3.09. The van der Waals surface area contributed by atoms with Crippen molar-refractivity contribution in [3.63, 3.8) is 0 Å². The molecule has 0 spiro atoms. The summed E-state index contributed by atoms with van der Waals surface area (Å²) in [6, 6.07) is 0. The third kappa shape index (κ3) is 13.1. The zero-order valence-electron chi connectivity index (χ0n) is 9.33. The van der Waals surface area contributed by atoms with Crippen molar-refractivity contribution in [3.05, 3.63) is 10.1 Å². The second-order valence-electron chi connectivity index (χ2n) is 3.09. The SMILES string of the molecule is CCCCN(C(C)O)C(C)O.O=[N+]([O-])O. The van der Waals surface area contributed by atoms with Crippen molar-refractivity contribution < 1.29 is 20.5 Å².